The average Bonchev–Trinajstić information content (AvgIpc) is 2.97. The molecule has 1 amide bonds. The second kappa shape index (κ2) is 5.46. The Morgan fingerprint density at radius 2 is 2.10 bits per heavy atom. The highest BCUT2D eigenvalue weighted by Gasteiger charge is 2.08. The second-order valence-electron chi connectivity index (χ2n) is 4.37. The number of nitrogens with one attached hydrogen (secondary N) is 1. The van der Waals surface area contributed by atoms with E-state index in [0.29, 0.717) is 17.1 Å². The molecule has 0 unspecified atom stereocenters. The number of aromatic nitrogens is 3. The van der Waals surface area contributed by atoms with E-state index in [0.717, 1.165) is 0 Å². The molecular weight excluding hydrogens is 268 g/mol. The lowest BCUT2D eigenvalue weighted by Crippen LogP contribution is -2.11. The van der Waals surface area contributed by atoms with Crippen LogP contribution in [0, 0.1) is 0 Å². The number of benzene rings is 1. The molecule has 3 aromatic rings. The predicted octanol–water partition coefficient (Wildman–Crippen LogP) is 2.23. The third-order valence-electron chi connectivity index (χ3n) is 2.83. The summed E-state index contributed by atoms with van der Waals surface area (Å²) in [4.78, 5) is 16.2. The molecule has 0 saturated carbocycles. The van der Waals surface area contributed by atoms with Crippen LogP contribution >= 0.6 is 0 Å². The van der Waals surface area contributed by atoms with Crippen molar-refractivity contribution in [2.75, 3.05) is 5.32 Å². The molecule has 3 rings (SSSR count). The van der Waals surface area contributed by atoms with Gasteiger partial charge in [-0.15, -0.1) is 0 Å². The zero-order valence-electron chi connectivity index (χ0n) is 11.0. The van der Waals surface area contributed by atoms with E-state index in [9.17, 15) is 9.90 Å². The van der Waals surface area contributed by atoms with Crippen LogP contribution in [0.3, 0.4) is 0 Å². The molecule has 0 aliphatic heterocycles. The van der Waals surface area contributed by atoms with Crippen LogP contribution < -0.4 is 5.32 Å². The van der Waals surface area contributed by atoms with Gasteiger partial charge in [0.1, 0.15) is 5.75 Å². The van der Waals surface area contributed by atoms with Gasteiger partial charge < -0.3 is 10.4 Å². The van der Waals surface area contributed by atoms with Crippen molar-refractivity contribution in [2.45, 2.75) is 0 Å². The first-order valence-electron chi connectivity index (χ1n) is 6.29. The van der Waals surface area contributed by atoms with Crippen LogP contribution in [0.1, 0.15) is 10.4 Å². The quantitative estimate of drug-likeness (QED) is 0.771. The van der Waals surface area contributed by atoms with Crippen LogP contribution in [0.5, 0.6) is 5.75 Å². The number of carbonyl (C=O) groups is 1. The number of anilines is 1. The van der Waals surface area contributed by atoms with Crippen LogP contribution in [0.25, 0.3) is 5.82 Å². The Morgan fingerprint density at radius 3 is 2.86 bits per heavy atom. The maximum absolute atomic E-state index is 12.0. The van der Waals surface area contributed by atoms with E-state index >= 15 is 0 Å². The monoisotopic (exact) mass is 280 g/mol. The van der Waals surface area contributed by atoms with E-state index in [2.05, 4.69) is 15.4 Å². The smallest absolute Gasteiger partial charge is 0.255 e. The summed E-state index contributed by atoms with van der Waals surface area (Å²) in [6, 6.07) is 11.6. The molecule has 0 atom stereocenters. The predicted molar refractivity (Wildman–Crippen MR) is 77.4 cm³/mol. The van der Waals surface area contributed by atoms with Crippen molar-refractivity contribution in [2.24, 2.45) is 0 Å². The average molecular weight is 280 g/mol. The normalized spacial score (nSPS) is 10.3. The highest BCUT2D eigenvalue weighted by molar-refractivity contribution is 6.04. The van der Waals surface area contributed by atoms with Crippen molar-refractivity contribution in [1.29, 1.82) is 0 Å². The van der Waals surface area contributed by atoms with Crippen LogP contribution in [0.15, 0.2) is 61.1 Å². The van der Waals surface area contributed by atoms with Gasteiger partial charge in [-0.25, -0.2) is 9.67 Å². The SMILES string of the molecule is O=C(Nc1cnn(-c2ccccn2)c1)c1cccc(O)c1. The lowest BCUT2D eigenvalue weighted by molar-refractivity contribution is 0.102. The molecule has 0 aliphatic rings. The van der Waals surface area contributed by atoms with E-state index in [-0.39, 0.29) is 11.7 Å². The molecule has 0 aliphatic carbocycles. The number of phenols is 1. The number of nitrogens with zero attached hydrogens (tertiary/aromatic N) is 3. The Labute approximate surface area is 120 Å². The van der Waals surface area contributed by atoms with Crippen molar-refractivity contribution < 1.29 is 9.90 Å². The van der Waals surface area contributed by atoms with Gasteiger partial charge in [-0.3, -0.25) is 4.79 Å². The van der Waals surface area contributed by atoms with E-state index in [4.69, 9.17) is 0 Å². The Kier molecular flexibility index (Phi) is 3.34. The topological polar surface area (TPSA) is 80.0 Å². The van der Waals surface area contributed by atoms with Gasteiger partial charge in [-0.2, -0.15) is 5.10 Å². The molecule has 2 aromatic heterocycles. The van der Waals surface area contributed by atoms with Crippen molar-refractivity contribution in [3.05, 3.63) is 66.6 Å². The Morgan fingerprint density at radius 1 is 1.19 bits per heavy atom. The second-order valence-corrected chi connectivity index (χ2v) is 4.37. The fourth-order valence-electron chi connectivity index (χ4n) is 1.85. The zero-order chi connectivity index (χ0) is 14.7. The summed E-state index contributed by atoms with van der Waals surface area (Å²) in [5.74, 6) is 0.397. The molecule has 0 fully saturated rings. The molecule has 0 bridgehead atoms. The van der Waals surface area contributed by atoms with Gasteiger partial charge in [0.25, 0.3) is 5.91 Å². The van der Waals surface area contributed by atoms with Gasteiger partial charge in [0.2, 0.25) is 0 Å². The van der Waals surface area contributed by atoms with Crippen LogP contribution in [-0.2, 0) is 0 Å². The minimum atomic E-state index is -0.313. The number of phenolic OH excluding ortho intramolecular Hbond substituents is 1. The Hall–Kier alpha value is -3.15. The van der Waals surface area contributed by atoms with Gasteiger partial charge >= 0.3 is 0 Å². The standard InChI is InChI=1S/C15H12N4O2/c20-13-5-3-4-11(8-13)15(21)18-12-9-17-19(10-12)14-6-1-2-7-16-14/h1-10,20H,(H,18,21). The molecule has 1 aromatic carbocycles. The van der Waals surface area contributed by atoms with Crippen LogP contribution in [-0.4, -0.2) is 25.8 Å². The van der Waals surface area contributed by atoms with E-state index in [1.807, 2.05) is 18.2 Å². The number of amides is 1. The molecule has 21 heavy (non-hydrogen) atoms. The van der Waals surface area contributed by atoms with Gasteiger partial charge in [0.15, 0.2) is 5.82 Å². The minimum absolute atomic E-state index is 0.0480. The Bertz CT molecular complexity index is 768. The minimum Gasteiger partial charge on any atom is -0.508 e. The summed E-state index contributed by atoms with van der Waals surface area (Å²) in [5.41, 5.74) is 0.926. The molecule has 6 heteroatoms. The van der Waals surface area contributed by atoms with Gasteiger partial charge in [0, 0.05) is 11.8 Å². The van der Waals surface area contributed by atoms with Gasteiger partial charge in [0.05, 0.1) is 18.1 Å². The maximum atomic E-state index is 12.0. The number of aromatic hydroxyl groups is 1. The number of pyridine rings is 1. The summed E-state index contributed by atoms with van der Waals surface area (Å²) in [7, 11) is 0. The van der Waals surface area contributed by atoms with Crippen molar-refractivity contribution >= 4 is 11.6 Å². The highest BCUT2D eigenvalue weighted by Crippen LogP contribution is 2.14. The fraction of sp³-hybridized carbons (Fsp3) is 0. The molecule has 2 heterocycles. The third-order valence-corrected chi connectivity index (χ3v) is 2.83. The van der Waals surface area contributed by atoms with Crippen molar-refractivity contribution in [3.63, 3.8) is 0 Å². The van der Waals surface area contributed by atoms with Crippen molar-refractivity contribution in [1.82, 2.24) is 14.8 Å². The zero-order valence-corrected chi connectivity index (χ0v) is 11.0. The van der Waals surface area contributed by atoms with Gasteiger partial charge in [-0.05, 0) is 30.3 Å². The number of rotatable bonds is 3. The number of carbonyl (C=O) groups excluding carboxylic acids is 1. The largest absolute Gasteiger partial charge is 0.508 e. The maximum Gasteiger partial charge on any atom is 0.255 e. The van der Waals surface area contributed by atoms with E-state index < -0.39 is 0 Å². The molecule has 6 nitrogen and oxygen atoms in total. The third kappa shape index (κ3) is 2.89. The summed E-state index contributed by atoms with van der Waals surface area (Å²) < 4.78 is 1.57. The van der Waals surface area contributed by atoms with Gasteiger partial charge in [-0.1, -0.05) is 12.1 Å². The summed E-state index contributed by atoms with van der Waals surface area (Å²) in [6.45, 7) is 0. The van der Waals surface area contributed by atoms with Crippen molar-refractivity contribution in [3.8, 4) is 11.6 Å². The van der Waals surface area contributed by atoms with Crippen LogP contribution in [0.4, 0.5) is 5.69 Å². The summed E-state index contributed by atoms with van der Waals surface area (Å²) in [5, 5.41) is 16.2. The van der Waals surface area contributed by atoms with Crippen LogP contribution in [0.2, 0.25) is 0 Å². The van der Waals surface area contributed by atoms with E-state index in [1.54, 1.807) is 29.2 Å². The lowest BCUT2D eigenvalue weighted by Gasteiger charge is -2.02. The molecule has 2 N–H and O–H groups in total. The lowest BCUT2D eigenvalue weighted by atomic mass is 10.2. The molecule has 104 valence electrons. The summed E-state index contributed by atoms with van der Waals surface area (Å²) in [6.07, 6.45) is 4.88. The molecule has 0 spiro atoms. The number of hydrogen-bond donors (Lipinski definition) is 2. The van der Waals surface area contributed by atoms with E-state index in [1.165, 1.54) is 18.3 Å². The first-order chi connectivity index (χ1) is 10.2. The summed E-state index contributed by atoms with van der Waals surface area (Å²) >= 11 is 0. The fourth-order valence-corrected chi connectivity index (χ4v) is 1.85. The number of hydrogen-bond acceptors (Lipinski definition) is 4. The highest BCUT2D eigenvalue weighted by atomic mass is 16.3. The first-order valence-corrected chi connectivity index (χ1v) is 6.29. The molecule has 0 radical (unpaired) electrons. The first kappa shape index (κ1) is 12.9. The Balaban J connectivity index is 1.77. The molecular formula is C15H12N4O2. The molecule has 0 saturated heterocycles.